The van der Waals surface area contributed by atoms with Crippen LogP contribution in [0.5, 0.6) is 11.5 Å². The fourth-order valence-corrected chi connectivity index (χ4v) is 3.54. The lowest BCUT2D eigenvalue weighted by molar-refractivity contribution is -0.157. The number of rotatable bonds is 7. The number of halogens is 1. The summed E-state index contributed by atoms with van der Waals surface area (Å²) in [5, 5.41) is 3.20. The third-order valence-electron chi connectivity index (χ3n) is 5.22. The molecule has 1 saturated heterocycles. The van der Waals surface area contributed by atoms with E-state index in [1.54, 1.807) is 50.4 Å². The molecule has 32 heavy (non-hydrogen) atoms. The van der Waals surface area contributed by atoms with Crippen LogP contribution >= 0.6 is 11.6 Å². The minimum absolute atomic E-state index is 0.00852. The number of benzene rings is 2. The van der Waals surface area contributed by atoms with E-state index in [1.807, 2.05) is 0 Å². The highest BCUT2D eigenvalue weighted by atomic mass is 35.5. The Morgan fingerprint density at radius 1 is 1.19 bits per heavy atom. The van der Waals surface area contributed by atoms with Crippen LogP contribution in [0.15, 0.2) is 36.4 Å². The third-order valence-corrected chi connectivity index (χ3v) is 5.63. The van der Waals surface area contributed by atoms with Gasteiger partial charge in [-0.25, -0.2) is 0 Å². The van der Waals surface area contributed by atoms with Gasteiger partial charge in [-0.2, -0.15) is 0 Å². The average molecular weight is 461 g/mol. The molecule has 1 aliphatic rings. The Hall–Kier alpha value is -3.26. The first-order chi connectivity index (χ1) is 15.2. The van der Waals surface area contributed by atoms with Crippen LogP contribution in [-0.2, 0) is 19.1 Å². The van der Waals surface area contributed by atoms with E-state index in [-0.39, 0.29) is 18.9 Å². The van der Waals surface area contributed by atoms with Gasteiger partial charge in [-0.1, -0.05) is 17.7 Å². The summed E-state index contributed by atoms with van der Waals surface area (Å²) in [6, 6.07) is 10.3. The summed E-state index contributed by atoms with van der Waals surface area (Å²) in [5.74, 6) is -0.991. The van der Waals surface area contributed by atoms with Crippen LogP contribution in [0.1, 0.15) is 18.9 Å². The molecule has 2 atom stereocenters. The monoisotopic (exact) mass is 460 g/mol. The van der Waals surface area contributed by atoms with E-state index in [0.29, 0.717) is 27.9 Å². The number of nitrogens with one attached hydrogen (secondary N) is 1. The number of carbonyl (C=O) groups excluding carboxylic acids is 3. The summed E-state index contributed by atoms with van der Waals surface area (Å²) in [7, 11) is 3.00. The van der Waals surface area contributed by atoms with E-state index < -0.39 is 23.9 Å². The lowest BCUT2D eigenvalue weighted by Gasteiger charge is -2.19. The molecule has 1 aliphatic heterocycles. The highest BCUT2D eigenvalue weighted by Gasteiger charge is 2.37. The summed E-state index contributed by atoms with van der Waals surface area (Å²) >= 11 is 6.09. The van der Waals surface area contributed by atoms with Gasteiger partial charge in [0.05, 0.1) is 25.8 Å². The van der Waals surface area contributed by atoms with Crippen LogP contribution in [0.3, 0.4) is 0 Å². The first-order valence-corrected chi connectivity index (χ1v) is 10.4. The molecule has 3 rings (SSSR count). The van der Waals surface area contributed by atoms with E-state index in [0.717, 1.165) is 5.56 Å². The van der Waals surface area contributed by atoms with Crippen molar-refractivity contribution in [1.29, 1.82) is 0 Å². The second-order valence-corrected chi connectivity index (χ2v) is 7.88. The minimum atomic E-state index is -1.07. The van der Waals surface area contributed by atoms with Crippen molar-refractivity contribution in [3.8, 4) is 11.5 Å². The number of carbonyl (C=O) groups is 3. The number of aryl methyl sites for hydroxylation is 1. The number of hydrogen-bond acceptors (Lipinski definition) is 6. The Kier molecular flexibility index (Phi) is 7.25. The molecule has 0 spiro atoms. The van der Waals surface area contributed by atoms with Crippen LogP contribution in [0.2, 0.25) is 5.02 Å². The van der Waals surface area contributed by atoms with Crippen LogP contribution in [0, 0.1) is 12.8 Å². The molecule has 0 bridgehead atoms. The zero-order valence-electron chi connectivity index (χ0n) is 18.3. The van der Waals surface area contributed by atoms with Gasteiger partial charge in [-0.05, 0) is 37.6 Å². The molecule has 2 aromatic carbocycles. The van der Waals surface area contributed by atoms with Crippen LogP contribution in [0.4, 0.5) is 11.4 Å². The molecule has 2 unspecified atom stereocenters. The molecular formula is C23H25ClN2O6. The van der Waals surface area contributed by atoms with Gasteiger partial charge in [-0.3, -0.25) is 14.4 Å². The van der Waals surface area contributed by atoms with Gasteiger partial charge in [-0.15, -0.1) is 0 Å². The van der Waals surface area contributed by atoms with Gasteiger partial charge < -0.3 is 24.4 Å². The molecule has 2 aromatic rings. The summed E-state index contributed by atoms with van der Waals surface area (Å²) in [6.45, 7) is 3.44. The van der Waals surface area contributed by atoms with Crippen molar-refractivity contribution in [2.75, 3.05) is 31.0 Å². The maximum atomic E-state index is 12.6. The summed E-state index contributed by atoms with van der Waals surface area (Å²) in [6.07, 6.45) is -1.06. The summed E-state index contributed by atoms with van der Waals surface area (Å²) in [4.78, 5) is 39.2. The zero-order valence-corrected chi connectivity index (χ0v) is 19.1. The van der Waals surface area contributed by atoms with Crippen LogP contribution in [-0.4, -0.2) is 44.7 Å². The van der Waals surface area contributed by atoms with Crippen LogP contribution in [0.25, 0.3) is 0 Å². The Morgan fingerprint density at radius 3 is 2.62 bits per heavy atom. The minimum Gasteiger partial charge on any atom is -0.497 e. The molecule has 0 aromatic heterocycles. The average Bonchev–Trinajstić information content (AvgIpc) is 3.17. The SMILES string of the molecule is COc1cccc(N2CC(C(=O)OC(C)C(=O)Nc3cc(C)c(Cl)cc3OC)CC2=O)c1. The third kappa shape index (κ3) is 5.13. The standard InChI is InChI=1S/C23H25ClN2O6/c1-13-8-19(20(31-4)11-18(13)24)25-22(28)14(2)32-23(29)15-9-21(27)26(12-15)16-6-5-7-17(10-16)30-3/h5-8,10-11,14-15H,9,12H2,1-4H3,(H,25,28). The van der Waals surface area contributed by atoms with Crippen molar-refractivity contribution in [3.05, 3.63) is 47.0 Å². The molecule has 9 heteroatoms. The van der Waals surface area contributed by atoms with Gasteiger partial charge in [0.1, 0.15) is 11.5 Å². The number of methoxy groups -OCH3 is 2. The van der Waals surface area contributed by atoms with Gasteiger partial charge in [0, 0.05) is 35.8 Å². The van der Waals surface area contributed by atoms with Gasteiger partial charge in [0.25, 0.3) is 5.91 Å². The number of esters is 1. The molecule has 170 valence electrons. The van der Waals surface area contributed by atoms with Crippen molar-refractivity contribution in [1.82, 2.24) is 0 Å². The zero-order chi connectivity index (χ0) is 23.4. The first kappa shape index (κ1) is 23.4. The predicted molar refractivity (Wildman–Crippen MR) is 120 cm³/mol. The van der Waals surface area contributed by atoms with Gasteiger partial charge in [0.15, 0.2) is 6.10 Å². The van der Waals surface area contributed by atoms with E-state index in [1.165, 1.54) is 18.9 Å². The molecular weight excluding hydrogens is 436 g/mol. The summed E-state index contributed by atoms with van der Waals surface area (Å²) < 4.78 is 15.8. The topological polar surface area (TPSA) is 94.2 Å². The fourth-order valence-electron chi connectivity index (χ4n) is 3.38. The Balaban J connectivity index is 1.62. The number of nitrogens with zero attached hydrogens (tertiary/aromatic N) is 1. The molecule has 8 nitrogen and oxygen atoms in total. The predicted octanol–water partition coefficient (Wildman–Crippen LogP) is 3.59. The largest absolute Gasteiger partial charge is 0.497 e. The second-order valence-electron chi connectivity index (χ2n) is 7.48. The number of hydrogen-bond donors (Lipinski definition) is 1. The van der Waals surface area contributed by atoms with Crippen molar-refractivity contribution in [2.24, 2.45) is 5.92 Å². The molecule has 2 amide bonds. The molecule has 1 heterocycles. The molecule has 0 radical (unpaired) electrons. The molecule has 1 fully saturated rings. The van der Waals surface area contributed by atoms with Crippen molar-refractivity contribution in [2.45, 2.75) is 26.4 Å². The van der Waals surface area contributed by atoms with E-state index in [2.05, 4.69) is 5.32 Å². The second kappa shape index (κ2) is 9.91. The lowest BCUT2D eigenvalue weighted by atomic mass is 10.1. The Labute approximate surface area is 191 Å². The van der Waals surface area contributed by atoms with E-state index in [4.69, 9.17) is 25.8 Å². The Bertz CT molecular complexity index is 1040. The Morgan fingerprint density at radius 2 is 1.94 bits per heavy atom. The van der Waals surface area contributed by atoms with Crippen molar-refractivity contribution in [3.63, 3.8) is 0 Å². The van der Waals surface area contributed by atoms with Crippen LogP contribution < -0.4 is 19.7 Å². The molecule has 1 N–H and O–H groups in total. The molecule has 0 aliphatic carbocycles. The highest BCUT2D eigenvalue weighted by Crippen LogP contribution is 2.31. The van der Waals surface area contributed by atoms with Gasteiger partial charge >= 0.3 is 5.97 Å². The number of anilines is 2. The van der Waals surface area contributed by atoms with E-state index in [9.17, 15) is 14.4 Å². The maximum absolute atomic E-state index is 12.6. The maximum Gasteiger partial charge on any atom is 0.312 e. The van der Waals surface area contributed by atoms with E-state index >= 15 is 0 Å². The molecule has 0 saturated carbocycles. The quantitative estimate of drug-likeness (QED) is 0.634. The summed E-state index contributed by atoms with van der Waals surface area (Å²) in [5.41, 5.74) is 1.82. The number of ether oxygens (including phenoxy) is 3. The highest BCUT2D eigenvalue weighted by molar-refractivity contribution is 6.31. The lowest BCUT2D eigenvalue weighted by Crippen LogP contribution is -2.33. The smallest absolute Gasteiger partial charge is 0.312 e. The van der Waals surface area contributed by atoms with Crippen molar-refractivity contribution >= 4 is 40.8 Å². The fraction of sp³-hybridized carbons (Fsp3) is 0.348. The number of amides is 2. The van der Waals surface area contributed by atoms with Gasteiger partial charge in [0.2, 0.25) is 5.91 Å². The normalized spacial score (nSPS) is 16.5. The first-order valence-electron chi connectivity index (χ1n) is 10.0. The van der Waals surface area contributed by atoms with Crippen molar-refractivity contribution < 1.29 is 28.6 Å².